The van der Waals surface area contributed by atoms with Gasteiger partial charge in [0, 0.05) is 17.7 Å². The van der Waals surface area contributed by atoms with Crippen LogP contribution in [0.3, 0.4) is 0 Å². The van der Waals surface area contributed by atoms with Gasteiger partial charge in [-0.1, -0.05) is 26.0 Å². The van der Waals surface area contributed by atoms with Crippen LogP contribution in [0.15, 0.2) is 52.1 Å². The molecule has 124 valence electrons. The smallest absolute Gasteiger partial charge is 0.163 e. The minimum atomic E-state index is -0.256. The largest absolute Gasteiger partial charge is 0.464 e. The summed E-state index contributed by atoms with van der Waals surface area (Å²) in [5.41, 5.74) is 3.76. The van der Waals surface area contributed by atoms with Crippen LogP contribution in [0.4, 0.5) is 11.4 Å². The highest BCUT2D eigenvalue weighted by molar-refractivity contribution is 6.00. The van der Waals surface area contributed by atoms with Gasteiger partial charge < -0.3 is 15.1 Å². The minimum Gasteiger partial charge on any atom is -0.464 e. The normalized spacial score (nSPS) is 22.1. The maximum absolute atomic E-state index is 13.0. The lowest BCUT2D eigenvalue weighted by molar-refractivity contribution is -0.118. The molecule has 0 saturated carbocycles. The Bertz CT molecular complexity index is 845. The number of furan rings is 1. The third-order valence-electron chi connectivity index (χ3n) is 4.77. The first-order chi connectivity index (χ1) is 11.4. The molecule has 2 aliphatic rings. The first-order valence-corrected chi connectivity index (χ1v) is 8.38. The summed E-state index contributed by atoms with van der Waals surface area (Å²) >= 11 is 0. The first kappa shape index (κ1) is 15.1. The van der Waals surface area contributed by atoms with Gasteiger partial charge in [0.15, 0.2) is 5.78 Å². The maximum atomic E-state index is 13.0. The Morgan fingerprint density at radius 2 is 1.83 bits per heavy atom. The zero-order chi connectivity index (χ0) is 16.9. The summed E-state index contributed by atoms with van der Waals surface area (Å²) in [6, 6.07) is 11.7. The van der Waals surface area contributed by atoms with Crippen molar-refractivity contribution in [1.82, 2.24) is 0 Å². The van der Waals surface area contributed by atoms with Crippen LogP contribution in [-0.4, -0.2) is 5.78 Å². The summed E-state index contributed by atoms with van der Waals surface area (Å²) in [7, 11) is 0. The zero-order valence-corrected chi connectivity index (χ0v) is 14.3. The quantitative estimate of drug-likeness (QED) is 0.791. The number of aryl methyl sites for hydroxylation is 1. The van der Waals surface area contributed by atoms with Crippen molar-refractivity contribution in [3.8, 4) is 0 Å². The molecule has 0 saturated heterocycles. The van der Waals surface area contributed by atoms with E-state index < -0.39 is 0 Å². The molecule has 2 aromatic rings. The van der Waals surface area contributed by atoms with Gasteiger partial charge in [-0.25, -0.2) is 0 Å². The molecule has 1 aromatic heterocycles. The summed E-state index contributed by atoms with van der Waals surface area (Å²) in [6.45, 7) is 6.22. The molecule has 1 aliphatic heterocycles. The number of allylic oxidation sites excluding steroid dienone is 1. The molecule has 1 atom stereocenters. The molecule has 0 fully saturated rings. The van der Waals surface area contributed by atoms with Gasteiger partial charge in [-0.05, 0) is 43.0 Å². The van der Waals surface area contributed by atoms with E-state index in [1.54, 1.807) is 0 Å². The summed E-state index contributed by atoms with van der Waals surface area (Å²) in [4.78, 5) is 13.0. The number of carbonyl (C=O) groups is 1. The van der Waals surface area contributed by atoms with Crippen molar-refractivity contribution in [3.05, 3.63) is 59.2 Å². The highest BCUT2D eigenvalue weighted by Gasteiger charge is 2.39. The van der Waals surface area contributed by atoms with Crippen molar-refractivity contribution < 1.29 is 9.21 Å². The van der Waals surface area contributed by atoms with E-state index in [1.807, 2.05) is 43.3 Å². The number of carbonyl (C=O) groups excluding carboxylic acids is 1. The molecule has 4 rings (SSSR count). The first-order valence-electron chi connectivity index (χ1n) is 8.38. The van der Waals surface area contributed by atoms with Gasteiger partial charge in [0.25, 0.3) is 0 Å². The van der Waals surface area contributed by atoms with Crippen molar-refractivity contribution in [2.24, 2.45) is 5.41 Å². The van der Waals surface area contributed by atoms with Crippen LogP contribution in [0, 0.1) is 12.3 Å². The third-order valence-corrected chi connectivity index (χ3v) is 4.77. The van der Waals surface area contributed by atoms with E-state index in [0.717, 1.165) is 40.6 Å². The van der Waals surface area contributed by atoms with Gasteiger partial charge in [-0.3, -0.25) is 4.79 Å². The molecule has 4 nitrogen and oxygen atoms in total. The number of para-hydroxylation sites is 2. The van der Waals surface area contributed by atoms with E-state index >= 15 is 0 Å². The van der Waals surface area contributed by atoms with Gasteiger partial charge in [0.05, 0.1) is 11.4 Å². The molecule has 0 amide bonds. The number of Topliss-reactive ketones (excluding diaryl/α,β-unsaturated/α-hetero) is 1. The van der Waals surface area contributed by atoms with Crippen molar-refractivity contribution >= 4 is 17.2 Å². The fraction of sp³-hybridized carbons (Fsp3) is 0.350. The van der Waals surface area contributed by atoms with Crippen LogP contribution in [0.25, 0.3) is 0 Å². The highest BCUT2D eigenvalue weighted by atomic mass is 16.3. The SMILES string of the molecule is Cc1ccc([C@@H]2Nc3ccccc3NC3=C2C(=O)CC(C)(C)C3)o1. The van der Waals surface area contributed by atoms with E-state index in [4.69, 9.17) is 4.42 Å². The average molecular weight is 322 g/mol. The average Bonchev–Trinajstić information content (AvgIpc) is 2.85. The van der Waals surface area contributed by atoms with Crippen LogP contribution >= 0.6 is 0 Å². The predicted octanol–water partition coefficient (Wildman–Crippen LogP) is 4.81. The number of anilines is 2. The van der Waals surface area contributed by atoms with Gasteiger partial charge in [0.1, 0.15) is 17.6 Å². The number of nitrogens with one attached hydrogen (secondary N) is 2. The number of hydrogen-bond acceptors (Lipinski definition) is 4. The summed E-state index contributed by atoms with van der Waals surface area (Å²) in [5, 5.41) is 7.02. The molecular formula is C20H22N2O2. The molecular weight excluding hydrogens is 300 g/mol. The Hall–Kier alpha value is -2.49. The summed E-state index contributed by atoms with van der Waals surface area (Å²) in [6.07, 6.45) is 1.40. The fourth-order valence-electron chi connectivity index (χ4n) is 3.71. The lowest BCUT2D eigenvalue weighted by Crippen LogP contribution is -2.31. The molecule has 0 spiro atoms. The number of ketones is 1. The Labute approximate surface area is 141 Å². The van der Waals surface area contributed by atoms with Gasteiger partial charge in [-0.2, -0.15) is 0 Å². The fourth-order valence-corrected chi connectivity index (χ4v) is 3.71. The number of rotatable bonds is 1. The van der Waals surface area contributed by atoms with Crippen molar-refractivity contribution in [2.45, 2.75) is 39.7 Å². The number of benzene rings is 1. The van der Waals surface area contributed by atoms with Crippen LogP contribution in [0.5, 0.6) is 0 Å². The zero-order valence-electron chi connectivity index (χ0n) is 14.3. The molecule has 2 heterocycles. The van der Waals surface area contributed by atoms with Crippen molar-refractivity contribution in [2.75, 3.05) is 10.6 Å². The lowest BCUT2D eigenvalue weighted by atomic mass is 9.74. The second-order valence-electron chi connectivity index (χ2n) is 7.53. The molecule has 24 heavy (non-hydrogen) atoms. The Kier molecular flexibility index (Phi) is 3.30. The third kappa shape index (κ3) is 2.52. The van der Waals surface area contributed by atoms with E-state index in [1.165, 1.54) is 0 Å². The molecule has 1 aliphatic carbocycles. The molecule has 0 radical (unpaired) electrons. The van der Waals surface area contributed by atoms with E-state index in [9.17, 15) is 4.79 Å². The Morgan fingerprint density at radius 1 is 1.08 bits per heavy atom. The van der Waals surface area contributed by atoms with Crippen LogP contribution in [0.2, 0.25) is 0 Å². The van der Waals surface area contributed by atoms with Gasteiger partial charge in [-0.15, -0.1) is 0 Å². The second-order valence-corrected chi connectivity index (χ2v) is 7.53. The highest BCUT2D eigenvalue weighted by Crippen LogP contribution is 2.45. The summed E-state index contributed by atoms with van der Waals surface area (Å²) < 4.78 is 5.87. The molecule has 1 aromatic carbocycles. The van der Waals surface area contributed by atoms with E-state index in [0.29, 0.717) is 6.42 Å². The van der Waals surface area contributed by atoms with Crippen molar-refractivity contribution in [1.29, 1.82) is 0 Å². The lowest BCUT2D eigenvalue weighted by Gasteiger charge is -2.33. The maximum Gasteiger partial charge on any atom is 0.163 e. The predicted molar refractivity (Wildman–Crippen MR) is 94.9 cm³/mol. The van der Waals surface area contributed by atoms with Gasteiger partial charge >= 0.3 is 0 Å². The van der Waals surface area contributed by atoms with Crippen LogP contribution in [0.1, 0.15) is 44.3 Å². The number of hydrogen-bond donors (Lipinski definition) is 2. The molecule has 2 N–H and O–H groups in total. The second kappa shape index (κ2) is 5.26. The molecule has 0 unspecified atom stereocenters. The van der Waals surface area contributed by atoms with Crippen LogP contribution < -0.4 is 10.6 Å². The topological polar surface area (TPSA) is 54.3 Å². The van der Waals surface area contributed by atoms with Gasteiger partial charge in [0.2, 0.25) is 0 Å². The Morgan fingerprint density at radius 3 is 2.54 bits per heavy atom. The molecule has 0 bridgehead atoms. The molecule has 4 heteroatoms. The minimum absolute atomic E-state index is 0.0359. The van der Waals surface area contributed by atoms with E-state index in [-0.39, 0.29) is 17.2 Å². The Balaban J connectivity index is 1.88. The standard InChI is InChI=1S/C20H22N2O2/c1-12-8-9-17(24-12)19-18-15(10-20(2,3)11-16(18)23)21-13-6-4-5-7-14(13)22-19/h4-9,19,21-22H,10-11H2,1-3H3/t19-/m0/s1. The number of fused-ring (bicyclic) bond motifs is 1. The van der Waals surface area contributed by atoms with Crippen molar-refractivity contribution in [3.63, 3.8) is 0 Å². The van der Waals surface area contributed by atoms with Crippen LogP contribution in [-0.2, 0) is 4.79 Å². The van der Waals surface area contributed by atoms with E-state index in [2.05, 4.69) is 24.5 Å². The summed E-state index contributed by atoms with van der Waals surface area (Å²) in [5.74, 6) is 1.82. The monoisotopic (exact) mass is 322 g/mol.